The van der Waals surface area contributed by atoms with Gasteiger partial charge in [0.2, 0.25) is 0 Å². The molecule has 2 atom stereocenters. The fraction of sp³-hybridized carbons (Fsp3) is 0.538. The molecule has 0 bridgehead atoms. The predicted molar refractivity (Wildman–Crippen MR) is 74.2 cm³/mol. The Morgan fingerprint density at radius 3 is 2.25 bits per heavy atom. The molecule has 1 nitrogen and oxygen atoms in total. The van der Waals surface area contributed by atoms with Crippen molar-refractivity contribution < 1.29 is 0 Å². The van der Waals surface area contributed by atoms with Gasteiger partial charge in [-0.05, 0) is 30.5 Å². The lowest BCUT2D eigenvalue weighted by Crippen LogP contribution is -2.07. The van der Waals surface area contributed by atoms with Crippen molar-refractivity contribution in [2.75, 3.05) is 0 Å². The molecule has 2 unspecified atom stereocenters. The molecule has 0 fully saturated rings. The average Bonchev–Trinajstić information content (AvgIpc) is 2.16. The third kappa shape index (κ3) is 3.69. The number of benzene rings is 1. The molecule has 1 aromatic carbocycles. The van der Waals surface area contributed by atoms with Gasteiger partial charge in [0.25, 0.3) is 0 Å². The van der Waals surface area contributed by atoms with E-state index in [0.29, 0.717) is 11.2 Å². The number of nitrogens with two attached hydrogens (primary N) is 1. The molecule has 0 aliphatic heterocycles. The highest BCUT2D eigenvalue weighted by Gasteiger charge is 2.11. The van der Waals surface area contributed by atoms with Crippen LogP contribution in [-0.4, -0.2) is 5.25 Å². The highest BCUT2D eigenvalue weighted by atomic mass is 35.5. The van der Waals surface area contributed by atoms with Crippen LogP contribution in [0, 0.1) is 5.92 Å². The summed E-state index contributed by atoms with van der Waals surface area (Å²) in [5.41, 5.74) is 6.84. The van der Waals surface area contributed by atoms with Crippen LogP contribution in [0.3, 0.4) is 0 Å². The maximum atomic E-state index is 6.19. The second-order valence-corrected chi connectivity index (χ2v) is 6.40. The van der Waals surface area contributed by atoms with Crippen molar-refractivity contribution in [2.24, 2.45) is 11.7 Å². The minimum absolute atomic E-state index is 0.00549. The number of hydrogen-bond acceptors (Lipinski definition) is 2. The van der Waals surface area contributed by atoms with E-state index >= 15 is 0 Å². The van der Waals surface area contributed by atoms with Gasteiger partial charge in [-0.2, -0.15) is 0 Å². The summed E-state index contributed by atoms with van der Waals surface area (Å²) in [4.78, 5) is 1.22. The van der Waals surface area contributed by atoms with Crippen molar-refractivity contribution in [3.63, 3.8) is 0 Å². The second kappa shape index (κ2) is 5.95. The van der Waals surface area contributed by atoms with E-state index < -0.39 is 0 Å². The number of thioether (sulfide) groups is 1. The molecule has 0 radical (unpaired) electrons. The first-order valence-corrected chi connectivity index (χ1v) is 6.89. The molecular formula is C13H20ClNS. The standard InChI is InChI=1S/C13H20ClNS/c1-8(2)10(4)16-11-5-6-12(9(3)15)13(14)7-11/h5-10H,15H2,1-4H3. The Balaban J connectivity index is 2.81. The molecule has 3 heteroatoms. The smallest absolute Gasteiger partial charge is 0.0464 e. The van der Waals surface area contributed by atoms with E-state index in [9.17, 15) is 0 Å². The fourth-order valence-corrected chi connectivity index (χ4v) is 2.75. The Bertz CT molecular complexity index is 350. The summed E-state index contributed by atoms with van der Waals surface area (Å²) in [5.74, 6) is 0.664. The van der Waals surface area contributed by atoms with Crippen molar-refractivity contribution in [1.82, 2.24) is 0 Å². The molecule has 16 heavy (non-hydrogen) atoms. The number of rotatable bonds is 4. The van der Waals surface area contributed by atoms with E-state index in [4.69, 9.17) is 17.3 Å². The highest BCUT2D eigenvalue weighted by Crippen LogP contribution is 2.32. The minimum Gasteiger partial charge on any atom is -0.324 e. The zero-order valence-electron chi connectivity index (χ0n) is 10.3. The molecular weight excluding hydrogens is 238 g/mol. The van der Waals surface area contributed by atoms with Gasteiger partial charge in [-0.15, -0.1) is 11.8 Å². The van der Waals surface area contributed by atoms with Crippen molar-refractivity contribution in [1.29, 1.82) is 0 Å². The van der Waals surface area contributed by atoms with E-state index in [1.165, 1.54) is 4.90 Å². The van der Waals surface area contributed by atoms with Crippen molar-refractivity contribution in [3.8, 4) is 0 Å². The summed E-state index contributed by atoms with van der Waals surface area (Å²) in [5, 5.41) is 1.37. The Labute approximate surface area is 108 Å². The summed E-state index contributed by atoms with van der Waals surface area (Å²) in [6.07, 6.45) is 0. The highest BCUT2D eigenvalue weighted by molar-refractivity contribution is 8.00. The third-order valence-electron chi connectivity index (χ3n) is 2.72. The van der Waals surface area contributed by atoms with Crippen LogP contribution in [-0.2, 0) is 0 Å². The summed E-state index contributed by atoms with van der Waals surface area (Å²) in [6.45, 7) is 8.65. The average molecular weight is 258 g/mol. The normalized spacial score (nSPS) is 15.2. The van der Waals surface area contributed by atoms with Crippen LogP contribution in [0.15, 0.2) is 23.1 Å². The molecule has 0 aliphatic rings. The van der Waals surface area contributed by atoms with Crippen molar-refractivity contribution in [2.45, 2.75) is 43.9 Å². The monoisotopic (exact) mass is 257 g/mol. The lowest BCUT2D eigenvalue weighted by Gasteiger charge is -2.16. The van der Waals surface area contributed by atoms with E-state index in [1.807, 2.05) is 30.8 Å². The number of halogens is 1. The summed E-state index contributed by atoms with van der Waals surface area (Å²) < 4.78 is 0. The molecule has 2 N–H and O–H groups in total. The second-order valence-electron chi connectivity index (χ2n) is 4.54. The first kappa shape index (κ1) is 13.9. The third-order valence-corrected chi connectivity index (χ3v) is 4.49. The Hall–Kier alpha value is -0.180. The summed E-state index contributed by atoms with van der Waals surface area (Å²) in [6, 6.07) is 6.15. The maximum Gasteiger partial charge on any atom is 0.0464 e. The molecule has 0 amide bonds. The number of hydrogen-bond donors (Lipinski definition) is 1. The van der Waals surface area contributed by atoms with Crippen LogP contribution in [0.2, 0.25) is 5.02 Å². The topological polar surface area (TPSA) is 26.0 Å². The molecule has 0 aromatic heterocycles. The zero-order chi connectivity index (χ0) is 12.3. The Kier molecular flexibility index (Phi) is 5.16. The van der Waals surface area contributed by atoms with Crippen LogP contribution >= 0.6 is 23.4 Å². The van der Waals surface area contributed by atoms with Crippen LogP contribution < -0.4 is 5.73 Å². The zero-order valence-corrected chi connectivity index (χ0v) is 11.9. The quantitative estimate of drug-likeness (QED) is 0.804. The SMILES string of the molecule is CC(N)c1ccc(SC(C)C(C)C)cc1Cl. The van der Waals surface area contributed by atoms with Crippen molar-refractivity contribution >= 4 is 23.4 Å². The molecule has 0 aliphatic carbocycles. The molecule has 0 saturated carbocycles. The molecule has 1 aromatic rings. The molecule has 90 valence electrons. The predicted octanol–water partition coefficient (Wildman–Crippen LogP) is 4.50. The Morgan fingerprint density at radius 2 is 1.81 bits per heavy atom. The lowest BCUT2D eigenvalue weighted by atomic mass is 10.1. The largest absolute Gasteiger partial charge is 0.324 e. The van der Waals surface area contributed by atoms with Gasteiger partial charge in [-0.25, -0.2) is 0 Å². The van der Waals surface area contributed by atoms with Gasteiger partial charge in [0.05, 0.1) is 0 Å². The van der Waals surface area contributed by atoms with Gasteiger partial charge < -0.3 is 5.73 Å². The van der Waals surface area contributed by atoms with Crippen LogP contribution in [0.1, 0.15) is 39.3 Å². The van der Waals surface area contributed by atoms with Gasteiger partial charge in [-0.1, -0.05) is 38.4 Å². The van der Waals surface area contributed by atoms with E-state index in [-0.39, 0.29) is 6.04 Å². The summed E-state index contributed by atoms with van der Waals surface area (Å²) >= 11 is 8.06. The van der Waals surface area contributed by atoms with E-state index in [2.05, 4.69) is 26.8 Å². The van der Waals surface area contributed by atoms with Gasteiger partial charge in [0.1, 0.15) is 0 Å². The van der Waals surface area contributed by atoms with Crippen LogP contribution in [0.4, 0.5) is 0 Å². The first-order chi connectivity index (χ1) is 7.41. The van der Waals surface area contributed by atoms with Crippen LogP contribution in [0.25, 0.3) is 0 Å². The maximum absolute atomic E-state index is 6.19. The van der Waals surface area contributed by atoms with E-state index in [1.54, 1.807) is 0 Å². The first-order valence-electron chi connectivity index (χ1n) is 5.63. The molecule has 0 heterocycles. The molecule has 0 saturated heterocycles. The summed E-state index contributed by atoms with van der Waals surface area (Å²) in [7, 11) is 0. The van der Waals surface area contributed by atoms with Crippen LogP contribution in [0.5, 0.6) is 0 Å². The molecule has 0 spiro atoms. The van der Waals surface area contributed by atoms with Gasteiger partial charge >= 0.3 is 0 Å². The van der Waals surface area contributed by atoms with Gasteiger partial charge in [0.15, 0.2) is 0 Å². The van der Waals surface area contributed by atoms with Crippen molar-refractivity contribution in [3.05, 3.63) is 28.8 Å². The van der Waals surface area contributed by atoms with E-state index in [0.717, 1.165) is 10.6 Å². The molecule has 1 rings (SSSR count). The Morgan fingerprint density at radius 1 is 1.19 bits per heavy atom. The minimum atomic E-state index is -0.00549. The van der Waals surface area contributed by atoms with Gasteiger partial charge in [0, 0.05) is 21.2 Å². The fourth-order valence-electron chi connectivity index (χ4n) is 1.30. The lowest BCUT2D eigenvalue weighted by molar-refractivity contribution is 0.642. The van der Waals surface area contributed by atoms with Gasteiger partial charge in [-0.3, -0.25) is 0 Å².